The minimum atomic E-state index is -2.88. The van der Waals surface area contributed by atoms with E-state index >= 15 is 0 Å². The number of fused-ring (bicyclic) bond motifs is 1. The molecule has 0 aliphatic carbocycles. The fourth-order valence-corrected chi connectivity index (χ4v) is 4.70. The molecule has 1 atom stereocenters. The highest BCUT2D eigenvalue weighted by Crippen LogP contribution is 2.26. The fraction of sp³-hybridized carbons (Fsp3) is 0.412. The van der Waals surface area contributed by atoms with Gasteiger partial charge in [-0.3, -0.25) is 0 Å². The third-order valence-electron chi connectivity index (χ3n) is 4.19. The van der Waals surface area contributed by atoms with Crippen LogP contribution in [0.3, 0.4) is 0 Å². The Kier molecular flexibility index (Phi) is 4.36. The van der Waals surface area contributed by atoms with E-state index in [0.29, 0.717) is 12.3 Å². The van der Waals surface area contributed by atoms with Gasteiger partial charge in [0.1, 0.15) is 5.75 Å². The zero-order valence-corrected chi connectivity index (χ0v) is 13.5. The van der Waals surface area contributed by atoms with E-state index in [0.717, 1.165) is 34.9 Å². The number of ether oxygens (including phenoxy) is 1. The number of benzene rings is 2. The first-order valence-electron chi connectivity index (χ1n) is 7.57. The van der Waals surface area contributed by atoms with Gasteiger partial charge in [-0.25, -0.2) is 8.42 Å². The van der Waals surface area contributed by atoms with Gasteiger partial charge in [-0.05, 0) is 35.7 Å². The van der Waals surface area contributed by atoms with Crippen molar-refractivity contribution < 1.29 is 13.2 Å². The van der Waals surface area contributed by atoms with E-state index < -0.39 is 9.84 Å². The zero-order chi connectivity index (χ0) is 15.6. The van der Waals surface area contributed by atoms with Crippen molar-refractivity contribution in [2.75, 3.05) is 18.6 Å². The Morgan fingerprint density at radius 2 is 1.95 bits per heavy atom. The van der Waals surface area contributed by atoms with Crippen molar-refractivity contribution in [2.45, 2.75) is 25.4 Å². The minimum absolute atomic E-state index is 0.0370. The van der Waals surface area contributed by atoms with Crippen LogP contribution in [0.15, 0.2) is 36.4 Å². The third kappa shape index (κ3) is 3.42. The van der Waals surface area contributed by atoms with Crippen LogP contribution in [-0.2, 0) is 16.4 Å². The molecule has 4 nitrogen and oxygen atoms in total. The molecule has 1 N–H and O–H groups in total. The molecule has 1 aliphatic heterocycles. The average molecular weight is 319 g/mol. The lowest BCUT2D eigenvalue weighted by Crippen LogP contribution is -2.39. The van der Waals surface area contributed by atoms with Gasteiger partial charge in [-0.2, -0.15) is 0 Å². The molecule has 2 aromatic rings. The van der Waals surface area contributed by atoms with Gasteiger partial charge in [-0.1, -0.05) is 24.3 Å². The summed E-state index contributed by atoms with van der Waals surface area (Å²) in [5, 5.41) is 5.68. The van der Waals surface area contributed by atoms with Crippen molar-refractivity contribution in [3.63, 3.8) is 0 Å². The zero-order valence-electron chi connectivity index (χ0n) is 12.7. The van der Waals surface area contributed by atoms with Crippen LogP contribution in [0.5, 0.6) is 5.75 Å². The van der Waals surface area contributed by atoms with Crippen LogP contribution in [0.4, 0.5) is 0 Å². The van der Waals surface area contributed by atoms with E-state index in [2.05, 4.69) is 23.5 Å². The molecule has 22 heavy (non-hydrogen) atoms. The Balaban J connectivity index is 1.78. The summed E-state index contributed by atoms with van der Waals surface area (Å²) in [5.41, 5.74) is 1.06. The van der Waals surface area contributed by atoms with E-state index in [1.807, 2.05) is 18.2 Å². The van der Waals surface area contributed by atoms with Crippen molar-refractivity contribution in [1.82, 2.24) is 5.32 Å². The highest BCUT2D eigenvalue weighted by atomic mass is 32.2. The van der Waals surface area contributed by atoms with E-state index in [9.17, 15) is 8.42 Å². The molecule has 0 radical (unpaired) electrons. The van der Waals surface area contributed by atoms with Gasteiger partial charge in [0.05, 0.1) is 18.6 Å². The van der Waals surface area contributed by atoms with Crippen LogP contribution in [0.1, 0.15) is 18.4 Å². The largest absolute Gasteiger partial charge is 0.496 e. The van der Waals surface area contributed by atoms with Crippen LogP contribution in [0.25, 0.3) is 10.8 Å². The van der Waals surface area contributed by atoms with Crippen LogP contribution in [0.2, 0.25) is 0 Å². The molecular weight excluding hydrogens is 298 g/mol. The van der Waals surface area contributed by atoms with Crippen molar-refractivity contribution in [3.8, 4) is 5.75 Å². The molecule has 1 heterocycles. The molecule has 118 valence electrons. The summed E-state index contributed by atoms with van der Waals surface area (Å²) in [5.74, 6) is 1.40. The maximum atomic E-state index is 11.7. The summed E-state index contributed by atoms with van der Waals surface area (Å²) < 4.78 is 28.9. The van der Waals surface area contributed by atoms with Crippen molar-refractivity contribution >= 4 is 20.6 Å². The maximum Gasteiger partial charge on any atom is 0.151 e. The summed E-state index contributed by atoms with van der Waals surface area (Å²) in [6.07, 6.45) is 1.66. The summed E-state index contributed by atoms with van der Waals surface area (Å²) in [7, 11) is -1.22. The Morgan fingerprint density at radius 1 is 1.23 bits per heavy atom. The Morgan fingerprint density at radius 3 is 2.64 bits per heavy atom. The molecule has 3 rings (SSSR count). The molecule has 0 aromatic heterocycles. The highest BCUT2D eigenvalue weighted by molar-refractivity contribution is 7.91. The number of methoxy groups -OCH3 is 1. The van der Waals surface area contributed by atoms with E-state index in [1.54, 1.807) is 7.11 Å². The smallest absolute Gasteiger partial charge is 0.151 e. The van der Waals surface area contributed by atoms with Crippen LogP contribution >= 0.6 is 0 Å². The predicted molar refractivity (Wildman–Crippen MR) is 89.0 cm³/mol. The van der Waals surface area contributed by atoms with Gasteiger partial charge < -0.3 is 10.1 Å². The SMILES string of the molecule is COc1cc2ccccc2cc1CNC1CCCS(=O)(=O)C1. The second-order valence-corrected chi connectivity index (χ2v) is 8.07. The van der Waals surface area contributed by atoms with Gasteiger partial charge in [0.2, 0.25) is 0 Å². The van der Waals surface area contributed by atoms with Crippen molar-refractivity contribution in [1.29, 1.82) is 0 Å². The van der Waals surface area contributed by atoms with Gasteiger partial charge in [0, 0.05) is 18.2 Å². The first-order valence-corrected chi connectivity index (χ1v) is 9.39. The first kappa shape index (κ1) is 15.3. The summed E-state index contributed by atoms with van der Waals surface area (Å²) in [6.45, 7) is 0.619. The van der Waals surface area contributed by atoms with Gasteiger partial charge in [0.15, 0.2) is 9.84 Å². The number of rotatable bonds is 4. The van der Waals surface area contributed by atoms with Gasteiger partial charge >= 0.3 is 0 Å². The topological polar surface area (TPSA) is 55.4 Å². The normalized spacial score (nSPS) is 20.9. The molecule has 0 bridgehead atoms. The predicted octanol–water partition coefficient (Wildman–Crippen LogP) is 2.52. The van der Waals surface area contributed by atoms with Crippen LogP contribution in [0, 0.1) is 0 Å². The van der Waals surface area contributed by atoms with Crippen molar-refractivity contribution in [3.05, 3.63) is 42.0 Å². The summed E-state index contributed by atoms with van der Waals surface area (Å²) in [6, 6.07) is 12.3. The molecule has 5 heteroatoms. The second kappa shape index (κ2) is 6.26. The molecule has 1 unspecified atom stereocenters. The fourth-order valence-electron chi connectivity index (χ4n) is 3.03. The summed E-state index contributed by atoms with van der Waals surface area (Å²) >= 11 is 0. The maximum absolute atomic E-state index is 11.7. The van der Waals surface area contributed by atoms with Gasteiger partial charge in [0.25, 0.3) is 0 Å². The molecule has 0 saturated carbocycles. The molecule has 0 spiro atoms. The van der Waals surface area contributed by atoms with Crippen molar-refractivity contribution in [2.24, 2.45) is 0 Å². The Bertz CT molecular complexity index is 771. The Labute approximate surface area is 131 Å². The lowest BCUT2D eigenvalue weighted by molar-refractivity contribution is 0.404. The monoisotopic (exact) mass is 319 g/mol. The molecule has 1 fully saturated rings. The minimum Gasteiger partial charge on any atom is -0.496 e. The molecule has 1 saturated heterocycles. The van der Waals surface area contributed by atoms with E-state index in [4.69, 9.17) is 4.74 Å². The number of hydrogen-bond donors (Lipinski definition) is 1. The molecule has 2 aromatic carbocycles. The first-order chi connectivity index (χ1) is 10.6. The third-order valence-corrected chi connectivity index (χ3v) is 6.01. The number of nitrogens with one attached hydrogen (secondary N) is 1. The second-order valence-electron chi connectivity index (χ2n) is 5.85. The van der Waals surface area contributed by atoms with Crippen LogP contribution in [-0.4, -0.2) is 33.1 Å². The van der Waals surface area contributed by atoms with E-state index in [1.165, 1.54) is 0 Å². The van der Waals surface area contributed by atoms with E-state index in [-0.39, 0.29) is 11.8 Å². The Hall–Kier alpha value is -1.59. The highest BCUT2D eigenvalue weighted by Gasteiger charge is 2.24. The summed E-state index contributed by atoms with van der Waals surface area (Å²) in [4.78, 5) is 0. The standard InChI is InChI=1S/C17H21NO3S/c1-21-17-10-14-6-3-2-5-13(14)9-15(17)11-18-16-7-4-8-22(19,20)12-16/h2-3,5-6,9-10,16,18H,4,7-8,11-12H2,1H3. The van der Waals surface area contributed by atoms with Crippen LogP contribution < -0.4 is 10.1 Å². The molecule has 1 aliphatic rings. The number of hydrogen-bond acceptors (Lipinski definition) is 4. The average Bonchev–Trinajstić information content (AvgIpc) is 2.51. The molecular formula is C17H21NO3S. The lowest BCUT2D eigenvalue weighted by Gasteiger charge is -2.23. The number of sulfone groups is 1. The molecule has 0 amide bonds. The lowest BCUT2D eigenvalue weighted by atomic mass is 10.1. The quantitative estimate of drug-likeness (QED) is 0.941. The van der Waals surface area contributed by atoms with Gasteiger partial charge in [-0.15, -0.1) is 0 Å².